The van der Waals surface area contributed by atoms with E-state index in [1.165, 1.54) is 16.8 Å². The van der Waals surface area contributed by atoms with E-state index in [4.69, 9.17) is 5.11 Å². The molecule has 1 atom stereocenters. The molecule has 106 valence electrons. The molecule has 6 nitrogen and oxygen atoms in total. The number of aliphatic carboxylic acids is 1. The van der Waals surface area contributed by atoms with Gasteiger partial charge in [-0.3, -0.25) is 4.79 Å². The van der Waals surface area contributed by atoms with Crippen LogP contribution in [0.1, 0.15) is 13.3 Å². The summed E-state index contributed by atoms with van der Waals surface area (Å²) in [4.78, 5) is 10.8. The summed E-state index contributed by atoms with van der Waals surface area (Å²) < 4.78 is 15.1. The van der Waals surface area contributed by atoms with Gasteiger partial charge >= 0.3 is 5.97 Å². The zero-order valence-electron chi connectivity index (χ0n) is 10.6. The minimum Gasteiger partial charge on any atom is -0.481 e. The van der Waals surface area contributed by atoms with E-state index in [0.717, 1.165) is 0 Å². The number of rotatable bonds is 5. The van der Waals surface area contributed by atoms with Gasteiger partial charge in [-0.2, -0.15) is 0 Å². The summed E-state index contributed by atoms with van der Waals surface area (Å²) in [5.74, 6) is -1.24. The predicted molar refractivity (Wildman–Crippen MR) is 72.3 cm³/mol. The quantitative estimate of drug-likeness (QED) is 0.901. The molecule has 0 fully saturated rings. The van der Waals surface area contributed by atoms with Crippen LogP contribution in [-0.4, -0.2) is 31.3 Å². The van der Waals surface area contributed by atoms with Gasteiger partial charge in [-0.1, -0.05) is 6.92 Å². The second-order valence-corrected chi connectivity index (χ2v) is 5.23. The Morgan fingerprint density at radius 1 is 1.55 bits per heavy atom. The fourth-order valence-electron chi connectivity index (χ4n) is 1.66. The molecule has 0 aliphatic rings. The van der Waals surface area contributed by atoms with Crippen molar-refractivity contribution in [1.82, 2.24) is 20.2 Å². The first-order chi connectivity index (χ1) is 9.49. The van der Waals surface area contributed by atoms with Crippen LogP contribution < -0.4 is 0 Å². The van der Waals surface area contributed by atoms with E-state index in [1.807, 2.05) is 0 Å². The maximum absolute atomic E-state index is 13.1. The van der Waals surface area contributed by atoms with E-state index >= 15 is 0 Å². The molecule has 1 aromatic heterocycles. The molecule has 1 unspecified atom stereocenters. The molecule has 0 saturated heterocycles. The Morgan fingerprint density at radius 3 is 2.95 bits per heavy atom. The van der Waals surface area contributed by atoms with Gasteiger partial charge in [0.2, 0.25) is 0 Å². The molecule has 0 saturated carbocycles. The first-order valence-corrected chi connectivity index (χ1v) is 6.72. The number of hydrogen-bond acceptors (Lipinski definition) is 4. The Morgan fingerprint density at radius 2 is 2.30 bits per heavy atom. The van der Waals surface area contributed by atoms with Crippen LogP contribution in [-0.2, 0) is 11.3 Å². The van der Waals surface area contributed by atoms with Crippen LogP contribution in [0.15, 0.2) is 22.7 Å². The highest BCUT2D eigenvalue weighted by Gasteiger charge is 2.16. The number of aromatic nitrogens is 4. The van der Waals surface area contributed by atoms with E-state index in [1.54, 1.807) is 13.0 Å². The standard InChI is InChI=1S/C12H12BrFN4O2/c1-7(12(19)20)4-5-18-11(15-16-17-18)9-3-2-8(14)6-10(9)13/h2-3,6-7H,4-5H2,1H3,(H,19,20). The number of halogens is 2. The molecule has 1 N–H and O–H groups in total. The fraction of sp³-hybridized carbons (Fsp3) is 0.333. The van der Waals surface area contributed by atoms with Crippen molar-refractivity contribution >= 4 is 21.9 Å². The van der Waals surface area contributed by atoms with Gasteiger partial charge < -0.3 is 5.11 Å². The van der Waals surface area contributed by atoms with Crippen molar-refractivity contribution in [3.63, 3.8) is 0 Å². The van der Waals surface area contributed by atoms with Crippen molar-refractivity contribution in [3.05, 3.63) is 28.5 Å². The summed E-state index contributed by atoms with van der Waals surface area (Å²) in [6, 6.07) is 4.22. The summed E-state index contributed by atoms with van der Waals surface area (Å²) in [5.41, 5.74) is 0.652. The molecule has 0 aliphatic heterocycles. The molecule has 1 aromatic carbocycles. The predicted octanol–water partition coefficient (Wildman–Crippen LogP) is 2.35. The molecule has 2 rings (SSSR count). The highest BCUT2D eigenvalue weighted by Crippen LogP contribution is 2.27. The Hall–Kier alpha value is -1.83. The summed E-state index contributed by atoms with van der Waals surface area (Å²) in [6.07, 6.45) is 0.409. The second kappa shape index (κ2) is 6.08. The molecule has 1 heterocycles. The minimum atomic E-state index is -0.859. The van der Waals surface area contributed by atoms with Crippen molar-refractivity contribution in [2.45, 2.75) is 19.9 Å². The minimum absolute atomic E-state index is 0.362. The van der Waals surface area contributed by atoms with Crippen LogP contribution >= 0.6 is 15.9 Å². The van der Waals surface area contributed by atoms with Crippen molar-refractivity contribution in [2.75, 3.05) is 0 Å². The zero-order chi connectivity index (χ0) is 14.7. The Balaban J connectivity index is 2.22. The van der Waals surface area contributed by atoms with Crippen LogP contribution in [0.25, 0.3) is 11.4 Å². The summed E-state index contributed by atoms with van der Waals surface area (Å²) in [5, 5.41) is 20.2. The van der Waals surface area contributed by atoms with E-state index < -0.39 is 11.9 Å². The molecule has 0 bridgehead atoms. The maximum atomic E-state index is 13.1. The summed E-state index contributed by atoms with van der Waals surface area (Å²) in [7, 11) is 0. The average Bonchev–Trinajstić information content (AvgIpc) is 2.84. The van der Waals surface area contributed by atoms with Crippen molar-refractivity contribution in [2.24, 2.45) is 5.92 Å². The van der Waals surface area contributed by atoms with Crippen LogP contribution in [0.5, 0.6) is 0 Å². The van der Waals surface area contributed by atoms with E-state index in [0.29, 0.717) is 28.8 Å². The van der Waals surface area contributed by atoms with Crippen LogP contribution in [0.2, 0.25) is 0 Å². The number of carboxylic acids is 1. The molecular weight excluding hydrogens is 331 g/mol. The van der Waals surface area contributed by atoms with Gasteiger partial charge in [0.05, 0.1) is 5.92 Å². The topological polar surface area (TPSA) is 80.9 Å². The lowest BCUT2D eigenvalue weighted by Gasteiger charge is -2.08. The smallest absolute Gasteiger partial charge is 0.306 e. The van der Waals surface area contributed by atoms with Gasteiger partial charge in [-0.15, -0.1) is 5.10 Å². The summed E-state index contributed by atoms with van der Waals surface area (Å²) >= 11 is 3.26. The van der Waals surface area contributed by atoms with Crippen LogP contribution in [0.3, 0.4) is 0 Å². The number of aryl methyl sites for hydroxylation is 1. The highest BCUT2D eigenvalue weighted by molar-refractivity contribution is 9.10. The molecule has 20 heavy (non-hydrogen) atoms. The van der Waals surface area contributed by atoms with E-state index in [9.17, 15) is 9.18 Å². The molecule has 0 aliphatic carbocycles. The van der Waals surface area contributed by atoms with Gasteiger partial charge in [0.25, 0.3) is 0 Å². The molecule has 8 heteroatoms. The van der Waals surface area contributed by atoms with Crippen molar-refractivity contribution in [3.8, 4) is 11.4 Å². The second-order valence-electron chi connectivity index (χ2n) is 4.38. The molecule has 0 amide bonds. The van der Waals surface area contributed by atoms with E-state index in [2.05, 4.69) is 31.5 Å². The Bertz CT molecular complexity index is 632. The third-order valence-corrected chi connectivity index (χ3v) is 3.56. The largest absolute Gasteiger partial charge is 0.481 e. The maximum Gasteiger partial charge on any atom is 0.306 e. The monoisotopic (exact) mass is 342 g/mol. The summed E-state index contributed by atoms with van der Waals surface area (Å²) in [6.45, 7) is 2.00. The number of tetrazole rings is 1. The fourth-order valence-corrected chi connectivity index (χ4v) is 2.19. The molecule has 2 aromatic rings. The lowest BCUT2D eigenvalue weighted by molar-refractivity contribution is -0.141. The van der Waals surface area contributed by atoms with Gasteiger partial charge in [0.1, 0.15) is 5.82 Å². The number of benzene rings is 1. The SMILES string of the molecule is CC(CCn1nnnc1-c1ccc(F)cc1Br)C(=O)O. The number of carbonyl (C=O) groups is 1. The third kappa shape index (κ3) is 3.19. The first kappa shape index (κ1) is 14.6. The van der Waals surface area contributed by atoms with Crippen LogP contribution in [0.4, 0.5) is 4.39 Å². The van der Waals surface area contributed by atoms with Crippen LogP contribution in [0, 0.1) is 11.7 Å². The van der Waals surface area contributed by atoms with Gasteiger partial charge in [0.15, 0.2) is 5.82 Å². The van der Waals surface area contributed by atoms with E-state index in [-0.39, 0.29) is 5.82 Å². The van der Waals surface area contributed by atoms with Gasteiger partial charge in [-0.05, 0) is 51.0 Å². The number of hydrogen-bond donors (Lipinski definition) is 1. The Labute approximate surface area is 122 Å². The lowest BCUT2D eigenvalue weighted by Crippen LogP contribution is -2.14. The highest BCUT2D eigenvalue weighted by atomic mass is 79.9. The number of nitrogens with zero attached hydrogens (tertiary/aromatic N) is 4. The number of carboxylic acid groups (broad SMARTS) is 1. The average molecular weight is 343 g/mol. The molecule has 0 spiro atoms. The Kier molecular flexibility index (Phi) is 4.43. The van der Waals surface area contributed by atoms with Crippen molar-refractivity contribution < 1.29 is 14.3 Å². The third-order valence-electron chi connectivity index (χ3n) is 2.90. The zero-order valence-corrected chi connectivity index (χ0v) is 12.2. The lowest BCUT2D eigenvalue weighted by atomic mass is 10.1. The first-order valence-electron chi connectivity index (χ1n) is 5.93. The van der Waals surface area contributed by atoms with Gasteiger partial charge in [-0.25, -0.2) is 9.07 Å². The molecule has 0 radical (unpaired) electrons. The van der Waals surface area contributed by atoms with Gasteiger partial charge in [0, 0.05) is 16.6 Å². The van der Waals surface area contributed by atoms with Crippen molar-refractivity contribution in [1.29, 1.82) is 0 Å². The molecular formula is C12H12BrFN4O2. The normalized spacial score (nSPS) is 12.3.